The Labute approximate surface area is 191 Å². The molecule has 6 rings (SSSR count). The number of rotatable bonds is 4. The van der Waals surface area contributed by atoms with Crippen LogP contribution >= 0.6 is 0 Å². The number of para-hydroxylation sites is 2. The third-order valence-electron chi connectivity index (χ3n) is 7.82. The van der Waals surface area contributed by atoms with E-state index >= 15 is 0 Å². The molecular weight excluding hydrogens is 386 g/mol. The second-order valence-corrected chi connectivity index (χ2v) is 10.1. The molecule has 2 atom stereocenters. The lowest BCUT2D eigenvalue weighted by atomic mass is 9.77. The summed E-state index contributed by atoms with van der Waals surface area (Å²) in [5.41, 5.74) is 10.0. The van der Waals surface area contributed by atoms with Crippen LogP contribution in [0.4, 0.5) is 17.1 Å². The van der Waals surface area contributed by atoms with Crippen molar-refractivity contribution < 1.29 is 0 Å². The van der Waals surface area contributed by atoms with Crippen molar-refractivity contribution in [1.82, 2.24) is 0 Å². The number of hydrogen-bond donors (Lipinski definition) is 0. The van der Waals surface area contributed by atoms with E-state index in [1.807, 2.05) is 0 Å². The van der Waals surface area contributed by atoms with Gasteiger partial charge in [0.1, 0.15) is 0 Å². The second-order valence-electron chi connectivity index (χ2n) is 10.1. The minimum absolute atomic E-state index is 0.359. The molecule has 2 aliphatic rings. The Balaban J connectivity index is 1.38. The van der Waals surface area contributed by atoms with E-state index in [4.69, 9.17) is 0 Å². The van der Waals surface area contributed by atoms with Gasteiger partial charge in [0.25, 0.3) is 0 Å². The first kappa shape index (κ1) is 19.4. The molecule has 0 N–H and O–H groups in total. The molecule has 0 heterocycles. The highest BCUT2D eigenvalue weighted by molar-refractivity contribution is 5.78. The van der Waals surface area contributed by atoms with Crippen molar-refractivity contribution in [2.75, 3.05) is 4.90 Å². The van der Waals surface area contributed by atoms with Gasteiger partial charge in [-0.2, -0.15) is 0 Å². The summed E-state index contributed by atoms with van der Waals surface area (Å²) in [6.45, 7) is 4.93. The minimum atomic E-state index is 0.359. The maximum atomic E-state index is 2.47. The molecule has 2 bridgehead atoms. The summed E-state index contributed by atoms with van der Waals surface area (Å²) in [4.78, 5) is 2.31. The van der Waals surface area contributed by atoms with Crippen LogP contribution in [0.3, 0.4) is 0 Å². The first-order valence-corrected chi connectivity index (χ1v) is 11.7. The van der Waals surface area contributed by atoms with Crippen LogP contribution in [0.5, 0.6) is 0 Å². The lowest BCUT2D eigenvalue weighted by Gasteiger charge is -2.28. The molecule has 1 heteroatoms. The predicted octanol–water partition coefficient (Wildman–Crippen LogP) is 8.54. The molecule has 1 nitrogen and oxygen atoms in total. The van der Waals surface area contributed by atoms with Crippen LogP contribution in [0, 0.1) is 0 Å². The Kier molecular flexibility index (Phi) is 4.30. The van der Waals surface area contributed by atoms with Crippen LogP contribution in [0.15, 0.2) is 103 Å². The first-order chi connectivity index (χ1) is 15.6. The van der Waals surface area contributed by atoms with Gasteiger partial charge in [-0.15, -0.1) is 0 Å². The van der Waals surface area contributed by atoms with Gasteiger partial charge in [0.05, 0.1) is 0 Å². The fourth-order valence-electron chi connectivity index (χ4n) is 6.20. The predicted molar refractivity (Wildman–Crippen MR) is 135 cm³/mol. The molecule has 0 aromatic heterocycles. The summed E-state index contributed by atoms with van der Waals surface area (Å²) in [6, 6.07) is 37.4. The molecule has 1 fully saturated rings. The normalized spacial score (nSPS) is 23.2. The molecule has 0 amide bonds. The van der Waals surface area contributed by atoms with Gasteiger partial charge < -0.3 is 4.90 Å². The molecule has 0 radical (unpaired) electrons. The second kappa shape index (κ2) is 7.10. The fourth-order valence-corrected chi connectivity index (χ4v) is 6.20. The van der Waals surface area contributed by atoms with Crippen LogP contribution in [-0.4, -0.2) is 0 Å². The number of anilines is 3. The number of hydrogen-bond acceptors (Lipinski definition) is 1. The zero-order chi connectivity index (χ0) is 21.8. The van der Waals surface area contributed by atoms with Crippen LogP contribution in [0.25, 0.3) is 11.1 Å². The van der Waals surface area contributed by atoms with Gasteiger partial charge in [-0.05, 0) is 88.7 Å². The van der Waals surface area contributed by atoms with E-state index in [1.54, 1.807) is 11.1 Å². The van der Waals surface area contributed by atoms with Crippen LogP contribution in [0.1, 0.15) is 44.2 Å². The maximum absolute atomic E-state index is 2.47. The monoisotopic (exact) mass is 415 g/mol. The molecule has 1 saturated carbocycles. The Morgan fingerprint density at radius 3 is 1.62 bits per heavy atom. The molecular formula is C31H29N. The highest BCUT2D eigenvalue weighted by atomic mass is 15.1. The van der Waals surface area contributed by atoms with E-state index in [9.17, 15) is 0 Å². The molecule has 0 spiro atoms. The Hall–Kier alpha value is -3.32. The van der Waals surface area contributed by atoms with Gasteiger partial charge in [-0.1, -0.05) is 80.6 Å². The van der Waals surface area contributed by atoms with Crippen molar-refractivity contribution in [3.63, 3.8) is 0 Å². The largest absolute Gasteiger partial charge is 0.311 e. The third kappa shape index (κ3) is 2.99. The lowest BCUT2D eigenvalue weighted by Crippen LogP contribution is -2.17. The minimum Gasteiger partial charge on any atom is -0.311 e. The van der Waals surface area contributed by atoms with Gasteiger partial charge in [0.2, 0.25) is 0 Å². The van der Waals surface area contributed by atoms with E-state index in [2.05, 4.69) is 122 Å². The van der Waals surface area contributed by atoms with Crippen molar-refractivity contribution in [2.45, 2.75) is 43.9 Å². The summed E-state index contributed by atoms with van der Waals surface area (Å²) in [6.07, 6.45) is 3.96. The highest BCUT2D eigenvalue weighted by Gasteiger charge is 2.52. The van der Waals surface area contributed by atoms with E-state index in [-0.39, 0.29) is 0 Å². The molecule has 0 saturated heterocycles. The Morgan fingerprint density at radius 1 is 0.531 bits per heavy atom. The SMILES string of the molecule is CC12CCC(C)(C1)c1cc(-c3ccc(N(c4ccccc4)c4ccccc4)cc3)ccc12. The summed E-state index contributed by atoms with van der Waals surface area (Å²) in [7, 11) is 0. The van der Waals surface area contributed by atoms with Gasteiger partial charge in [0, 0.05) is 17.1 Å². The van der Waals surface area contributed by atoms with E-state index in [0.717, 1.165) is 0 Å². The summed E-state index contributed by atoms with van der Waals surface area (Å²) >= 11 is 0. The van der Waals surface area contributed by atoms with Crippen molar-refractivity contribution in [3.8, 4) is 11.1 Å². The Bertz CT molecular complexity index is 1220. The average Bonchev–Trinajstić information content (AvgIpc) is 3.28. The van der Waals surface area contributed by atoms with Crippen LogP contribution < -0.4 is 4.90 Å². The number of benzene rings is 4. The molecule has 158 valence electrons. The Morgan fingerprint density at radius 2 is 1.03 bits per heavy atom. The molecule has 2 unspecified atom stereocenters. The fraction of sp³-hybridized carbons (Fsp3) is 0.226. The van der Waals surface area contributed by atoms with Crippen LogP contribution in [0.2, 0.25) is 0 Å². The topological polar surface area (TPSA) is 3.24 Å². The van der Waals surface area contributed by atoms with E-state index in [0.29, 0.717) is 10.8 Å². The molecule has 4 aromatic carbocycles. The van der Waals surface area contributed by atoms with Gasteiger partial charge in [-0.3, -0.25) is 0 Å². The summed E-state index contributed by atoms with van der Waals surface area (Å²) in [5, 5.41) is 0. The smallest absolute Gasteiger partial charge is 0.0462 e. The van der Waals surface area contributed by atoms with Gasteiger partial charge in [-0.25, -0.2) is 0 Å². The van der Waals surface area contributed by atoms with Gasteiger partial charge >= 0.3 is 0 Å². The highest BCUT2D eigenvalue weighted by Crippen LogP contribution is 2.60. The van der Waals surface area contributed by atoms with Crippen molar-refractivity contribution in [2.24, 2.45) is 0 Å². The van der Waals surface area contributed by atoms with Crippen LogP contribution in [-0.2, 0) is 10.8 Å². The molecule has 2 aliphatic carbocycles. The average molecular weight is 416 g/mol. The third-order valence-corrected chi connectivity index (χ3v) is 7.82. The molecule has 32 heavy (non-hydrogen) atoms. The molecule has 4 aromatic rings. The van der Waals surface area contributed by atoms with E-state index < -0.39 is 0 Å². The van der Waals surface area contributed by atoms with Crippen molar-refractivity contribution >= 4 is 17.1 Å². The number of nitrogens with zero attached hydrogens (tertiary/aromatic N) is 1. The standard InChI is InChI=1S/C31H29N/c1-30-19-20-31(2,22-30)29-21-24(15-18-28(29)30)23-13-16-27(17-14-23)32(25-9-5-3-6-10-25)26-11-7-4-8-12-26/h3-18,21H,19-20,22H2,1-2H3. The zero-order valence-corrected chi connectivity index (χ0v) is 18.9. The lowest BCUT2D eigenvalue weighted by molar-refractivity contribution is 0.484. The number of fused-ring (bicyclic) bond motifs is 5. The zero-order valence-electron chi connectivity index (χ0n) is 18.9. The quantitative estimate of drug-likeness (QED) is 0.323. The summed E-state index contributed by atoms with van der Waals surface area (Å²) < 4.78 is 0. The molecule has 0 aliphatic heterocycles. The van der Waals surface area contributed by atoms with Crippen molar-refractivity contribution in [3.05, 3.63) is 114 Å². The van der Waals surface area contributed by atoms with E-state index in [1.165, 1.54) is 47.5 Å². The van der Waals surface area contributed by atoms with Crippen molar-refractivity contribution in [1.29, 1.82) is 0 Å². The maximum Gasteiger partial charge on any atom is 0.0462 e. The van der Waals surface area contributed by atoms with Gasteiger partial charge in [0.15, 0.2) is 0 Å². The summed E-state index contributed by atoms with van der Waals surface area (Å²) in [5.74, 6) is 0. The first-order valence-electron chi connectivity index (χ1n) is 11.7.